The monoisotopic (exact) mass is 1070 g/mol. The van der Waals surface area contributed by atoms with Gasteiger partial charge in [0, 0.05) is 0 Å². The quantitative estimate of drug-likeness (QED) is 0.257. The second kappa shape index (κ2) is 78.2. The first kappa shape index (κ1) is 100. The Morgan fingerprint density at radius 1 is 0.373 bits per heavy atom. The highest BCUT2D eigenvalue weighted by Gasteiger charge is 2.24. The molecule has 5 aliphatic rings. The van der Waals surface area contributed by atoms with Gasteiger partial charge in [-0.3, -0.25) is 0 Å². The second-order valence-electron chi connectivity index (χ2n) is 27.6. The summed E-state index contributed by atoms with van der Waals surface area (Å²) in [4.78, 5) is 0. The van der Waals surface area contributed by atoms with Crippen molar-refractivity contribution in [3.8, 4) is 0 Å². The van der Waals surface area contributed by atoms with E-state index in [1.54, 1.807) is 0 Å². The van der Waals surface area contributed by atoms with E-state index in [9.17, 15) is 0 Å². The molecule has 0 heteroatoms. The molecule has 5 saturated carbocycles. The highest BCUT2D eigenvalue weighted by atomic mass is 14.3. The molecule has 0 aromatic heterocycles. The first-order valence-corrected chi connectivity index (χ1v) is 34.8. The zero-order valence-electron chi connectivity index (χ0n) is 62.1. The van der Waals surface area contributed by atoms with Crippen LogP contribution in [-0.2, 0) is 0 Å². The minimum atomic E-state index is 0.500. The Kier molecular flexibility index (Phi) is 105. The van der Waals surface area contributed by atoms with Crippen LogP contribution in [0.25, 0.3) is 0 Å². The van der Waals surface area contributed by atoms with E-state index in [1.807, 2.05) is 55.4 Å². The molecule has 0 spiro atoms. The first-order valence-electron chi connectivity index (χ1n) is 34.8. The number of hydrogen-bond donors (Lipinski definition) is 0. The van der Waals surface area contributed by atoms with E-state index in [-0.39, 0.29) is 0 Å². The van der Waals surface area contributed by atoms with Crippen LogP contribution in [0, 0.1) is 69.5 Å². The summed E-state index contributed by atoms with van der Waals surface area (Å²) in [6.07, 6.45) is 37.4. The van der Waals surface area contributed by atoms with E-state index < -0.39 is 0 Å². The highest BCUT2D eigenvalue weighted by Crippen LogP contribution is 2.37. The summed E-state index contributed by atoms with van der Waals surface area (Å²) in [5, 5.41) is 0. The molecular weight excluding hydrogens is 901 g/mol. The maximum absolute atomic E-state index is 2.39. The molecule has 5 aliphatic carbocycles. The van der Waals surface area contributed by atoms with Gasteiger partial charge in [-0.05, 0) is 82.3 Å². The predicted octanol–water partition coefficient (Wildman–Crippen LogP) is 30.2. The normalized spacial score (nSPS) is 16.3. The van der Waals surface area contributed by atoms with Crippen molar-refractivity contribution in [1.82, 2.24) is 0 Å². The molecule has 0 N–H and O–H groups in total. The Morgan fingerprint density at radius 2 is 0.573 bits per heavy atom. The van der Waals surface area contributed by atoms with Crippen molar-refractivity contribution >= 4 is 0 Å². The molecule has 75 heavy (non-hydrogen) atoms. The Hall–Kier alpha value is 0. The Labute approximate surface area is 490 Å². The van der Waals surface area contributed by atoms with Gasteiger partial charge in [0.15, 0.2) is 0 Å². The summed E-state index contributed by atoms with van der Waals surface area (Å²) >= 11 is 0. The Balaban J connectivity index is -0.0000000659. The third kappa shape index (κ3) is 153. The summed E-state index contributed by atoms with van der Waals surface area (Å²) in [7, 11) is 0. The van der Waals surface area contributed by atoms with Crippen LogP contribution in [0.3, 0.4) is 0 Å². The van der Waals surface area contributed by atoms with Gasteiger partial charge in [-0.25, -0.2) is 0 Å². The van der Waals surface area contributed by atoms with Crippen LogP contribution >= 0.6 is 0 Å². The largest absolute Gasteiger partial charge is 0.0683 e. The Morgan fingerprint density at radius 3 is 0.667 bits per heavy atom. The highest BCUT2D eigenvalue weighted by molar-refractivity contribution is 4.76. The lowest BCUT2D eigenvalue weighted by atomic mass is 9.74. The zero-order chi connectivity index (χ0) is 62.1. The minimum absolute atomic E-state index is 0.500. The molecule has 0 saturated heterocycles. The van der Waals surface area contributed by atoms with Crippen LogP contribution in [-0.4, -0.2) is 0 Å². The smallest absolute Gasteiger partial charge is 0.0354 e. The van der Waals surface area contributed by atoms with E-state index in [2.05, 4.69) is 201 Å². The van der Waals surface area contributed by atoms with Gasteiger partial charge in [0.2, 0.25) is 0 Å². The van der Waals surface area contributed by atoms with Crippen LogP contribution in [0.1, 0.15) is 423 Å². The fraction of sp³-hybridized carbons (Fsp3) is 1.00. The molecule has 0 nitrogen and oxygen atoms in total. The second-order valence-corrected chi connectivity index (χ2v) is 27.6. The molecule has 0 aromatic rings. The molecule has 0 bridgehead atoms. The molecule has 0 amide bonds. The van der Waals surface area contributed by atoms with Crippen LogP contribution in [0.4, 0.5) is 0 Å². The lowest BCUT2D eigenvalue weighted by Gasteiger charge is -2.32. The molecule has 5 rings (SSSR count). The maximum atomic E-state index is 2.39. The number of rotatable bonds is 5. The van der Waals surface area contributed by atoms with Crippen molar-refractivity contribution < 1.29 is 0 Å². The van der Waals surface area contributed by atoms with Gasteiger partial charge in [0.25, 0.3) is 0 Å². The molecule has 0 atom stereocenters. The van der Waals surface area contributed by atoms with Crippen molar-refractivity contribution in [3.05, 3.63) is 0 Å². The summed E-state index contributed by atoms with van der Waals surface area (Å²) in [6.45, 7) is 80.9. The van der Waals surface area contributed by atoms with E-state index in [0.29, 0.717) is 16.2 Å². The van der Waals surface area contributed by atoms with Gasteiger partial charge in [-0.1, -0.05) is 410 Å². The third-order valence-corrected chi connectivity index (χ3v) is 13.2. The SMILES string of the molecule is CC.CC.CC.CC.CC(C)(C)C.CC(C)C.CC1CC1.CC1CCC(C)(C)CC1.CC1CCCC1.CC1CCCCC1.CCC.CCC(C)(C)C.CCC(C)C.CCC(C)C.CCC(C)CC.CCC1CCCC1. The molecule has 0 unspecified atom stereocenters. The molecule has 0 radical (unpaired) electrons. The van der Waals surface area contributed by atoms with Gasteiger partial charge in [-0.2, -0.15) is 0 Å². The van der Waals surface area contributed by atoms with Gasteiger partial charge >= 0.3 is 0 Å². The van der Waals surface area contributed by atoms with Crippen molar-refractivity contribution in [2.24, 2.45) is 69.5 Å². The molecule has 0 aromatic carbocycles. The summed E-state index contributed by atoms with van der Waals surface area (Å²) in [6, 6.07) is 0. The van der Waals surface area contributed by atoms with Crippen LogP contribution in [0.5, 0.6) is 0 Å². The fourth-order valence-corrected chi connectivity index (χ4v) is 5.85. The van der Waals surface area contributed by atoms with E-state index in [1.165, 1.54) is 167 Å². The third-order valence-electron chi connectivity index (χ3n) is 13.2. The molecule has 472 valence electrons. The van der Waals surface area contributed by atoms with Gasteiger partial charge in [0.1, 0.15) is 0 Å². The van der Waals surface area contributed by atoms with Crippen LogP contribution in [0.15, 0.2) is 0 Å². The van der Waals surface area contributed by atoms with Gasteiger partial charge in [0.05, 0.1) is 0 Å². The Bertz CT molecular complexity index is 791. The van der Waals surface area contributed by atoms with E-state index in [0.717, 1.165) is 53.3 Å². The minimum Gasteiger partial charge on any atom is -0.0683 e. The van der Waals surface area contributed by atoms with Gasteiger partial charge < -0.3 is 0 Å². The van der Waals surface area contributed by atoms with Crippen molar-refractivity contribution in [3.63, 3.8) is 0 Å². The van der Waals surface area contributed by atoms with Crippen LogP contribution in [0.2, 0.25) is 0 Å². The summed E-state index contributed by atoms with van der Waals surface area (Å²) in [5.41, 5.74) is 1.70. The zero-order valence-corrected chi connectivity index (χ0v) is 62.1. The maximum Gasteiger partial charge on any atom is -0.0354 e. The van der Waals surface area contributed by atoms with E-state index in [4.69, 9.17) is 0 Å². The molecular formula is C75H172. The van der Waals surface area contributed by atoms with Crippen molar-refractivity contribution in [1.29, 1.82) is 0 Å². The topological polar surface area (TPSA) is 0 Å². The average Bonchev–Trinajstić information content (AvgIpc) is 3.70. The molecule has 0 heterocycles. The lowest BCUT2D eigenvalue weighted by molar-refractivity contribution is 0.201. The van der Waals surface area contributed by atoms with Crippen molar-refractivity contribution in [2.45, 2.75) is 423 Å². The fourth-order valence-electron chi connectivity index (χ4n) is 5.85. The molecule has 5 fully saturated rings. The van der Waals surface area contributed by atoms with E-state index >= 15 is 0 Å². The lowest BCUT2D eigenvalue weighted by Crippen LogP contribution is -2.19. The predicted molar refractivity (Wildman–Crippen MR) is 369 cm³/mol. The molecule has 0 aliphatic heterocycles. The van der Waals surface area contributed by atoms with Gasteiger partial charge in [-0.15, -0.1) is 0 Å². The summed E-state index contributed by atoms with van der Waals surface area (Å²) in [5.74, 6) is 8.80. The number of hydrogen-bond acceptors (Lipinski definition) is 0. The first-order chi connectivity index (χ1) is 34.8. The van der Waals surface area contributed by atoms with Crippen LogP contribution < -0.4 is 0 Å². The standard InChI is InChI=1S/C9H18.2C7H14.C6H12.2C6H14.3C5H12.C4H8.C4H10.C3H8.4C2H6/c1-8-4-6-9(2,3)7-5-8;1-7-5-3-2-4-6-7;1-2-7-5-3-4-6-7;1-6-4-2-3-5-6;1-5-6(2,3)4;1-4-6(3)5-2;1-5(2,3)4;2*1-4-5(2)3;1-4-2-3-4;1-4(2)3;1-3-2;4*1-2/h8H,4-7H2,1-3H3;2*7H,2-6H2,1H3;6H,2-5H2,1H3;5H2,1-4H3;6H,4-5H2,1-3H3;1-4H3;2*5H,4H2,1-3H3;4H,2-3H2,1H3;4H,1-3H3;3H2,1-2H3;4*1-2H3. The summed E-state index contributed by atoms with van der Waals surface area (Å²) < 4.78 is 0. The average molecular weight is 1070 g/mol. The van der Waals surface area contributed by atoms with Crippen molar-refractivity contribution in [2.75, 3.05) is 0 Å².